The van der Waals surface area contributed by atoms with Crippen LogP contribution < -0.4 is 0 Å². The number of likely N-dealkylation sites (N-methyl/N-ethyl adjacent to an activating group) is 1. The van der Waals surface area contributed by atoms with Gasteiger partial charge in [-0.2, -0.15) is 0 Å². The van der Waals surface area contributed by atoms with E-state index >= 15 is 0 Å². The summed E-state index contributed by atoms with van der Waals surface area (Å²) in [5.74, 6) is 0. The van der Waals surface area contributed by atoms with E-state index in [1.54, 1.807) is 0 Å². The van der Waals surface area contributed by atoms with E-state index in [1.807, 2.05) is 0 Å². The molecule has 0 bridgehead atoms. The summed E-state index contributed by atoms with van der Waals surface area (Å²) < 4.78 is 0. The average molecular weight is 155 g/mol. The van der Waals surface area contributed by atoms with Crippen LogP contribution in [0, 0.1) is 0 Å². The van der Waals surface area contributed by atoms with Gasteiger partial charge in [-0.1, -0.05) is 6.08 Å². The Kier molecular flexibility index (Phi) is 2.68. The Labute approximate surface area is 68.5 Å². The maximum Gasteiger partial charge on any atom is 0.0642 e. The van der Waals surface area contributed by atoms with E-state index in [0.29, 0.717) is 12.1 Å². The molecule has 1 aliphatic rings. The van der Waals surface area contributed by atoms with Gasteiger partial charge in [0.2, 0.25) is 0 Å². The second-order valence-corrected chi connectivity index (χ2v) is 3.44. The zero-order valence-corrected chi connectivity index (χ0v) is 7.54. The first-order valence-electron chi connectivity index (χ1n) is 4.17. The van der Waals surface area contributed by atoms with Gasteiger partial charge in [0, 0.05) is 12.1 Å². The van der Waals surface area contributed by atoms with Gasteiger partial charge < -0.3 is 5.11 Å². The minimum atomic E-state index is 0.225. The van der Waals surface area contributed by atoms with Crippen molar-refractivity contribution in [3.05, 3.63) is 11.6 Å². The summed E-state index contributed by atoms with van der Waals surface area (Å²) in [7, 11) is 2.12. The zero-order chi connectivity index (χ0) is 8.43. The summed E-state index contributed by atoms with van der Waals surface area (Å²) >= 11 is 0. The lowest BCUT2D eigenvalue weighted by Crippen LogP contribution is -2.39. The molecule has 0 aromatic heterocycles. The maximum atomic E-state index is 8.93. The third-order valence-corrected chi connectivity index (χ3v) is 2.58. The highest BCUT2D eigenvalue weighted by atomic mass is 16.3. The molecule has 2 heteroatoms. The molecule has 0 aromatic carbocycles. The van der Waals surface area contributed by atoms with Gasteiger partial charge >= 0.3 is 0 Å². The van der Waals surface area contributed by atoms with Crippen molar-refractivity contribution in [1.29, 1.82) is 0 Å². The lowest BCUT2D eigenvalue weighted by Gasteiger charge is -2.34. The number of aliphatic hydroxyl groups excluding tert-OH is 1. The topological polar surface area (TPSA) is 23.5 Å². The molecule has 0 fully saturated rings. The minimum absolute atomic E-state index is 0.225. The molecule has 0 aliphatic carbocycles. The number of hydrogen-bond acceptors (Lipinski definition) is 2. The van der Waals surface area contributed by atoms with Crippen molar-refractivity contribution in [2.24, 2.45) is 0 Å². The van der Waals surface area contributed by atoms with Crippen molar-refractivity contribution in [2.45, 2.75) is 32.4 Å². The molecule has 1 heterocycles. The molecule has 0 saturated carbocycles. The van der Waals surface area contributed by atoms with Crippen molar-refractivity contribution in [2.75, 3.05) is 13.7 Å². The minimum Gasteiger partial charge on any atom is -0.392 e. The molecule has 11 heavy (non-hydrogen) atoms. The fourth-order valence-electron chi connectivity index (χ4n) is 1.57. The molecular formula is C9H17NO. The molecule has 0 spiro atoms. The molecule has 2 unspecified atom stereocenters. The third kappa shape index (κ3) is 1.82. The highest BCUT2D eigenvalue weighted by Crippen LogP contribution is 2.19. The summed E-state index contributed by atoms with van der Waals surface area (Å²) in [5, 5.41) is 8.93. The van der Waals surface area contributed by atoms with E-state index in [2.05, 4.69) is 31.9 Å². The van der Waals surface area contributed by atoms with Crippen LogP contribution in [0.4, 0.5) is 0 Å². The molecule has 1 rings (SSSR count). The SMILES string of the molecule is CC1C=C(CO)CC(C)N1C. The third-order valence-electron chi connectivity index (χ3n) is 2.58. The quantitative estimate of drug-likeness (QED) is 0.571. The standard InChI is InChI=1S/C9H17NO/c1-7-4-9(6-11)5-8(2)10(7)3/h4,7-8,11H,5-6H2,1-3H3. The Morgan fingerprint density at radius 2 is 2.27 bits per heavy atom. The summed E-state index contributed by atoms with van der Waals surface area (Å²) in [6.07, 6.45) is 3.16. The van der Waals surface area contributed by atoms with Crippen LogP contribution in [-0.2, 0) is 0 Å². The summed E-state index contributed by atoms with van der Waals surface area (Å²) in [6.45, 7) is 4.58. The molecule has 2 nitrogen and oxygen atoms in total. The smallest absolute Gasteiger partial charge is 0.0642 e. The van der Waals surface area contributed by atoms with Gasteiger partial charge in [-0.25, -0.2) is 0 Å². The predicted molar refractivity (Wildman–Crippen MR) is 46.5 cm³/mol. The van der Waals surface area contributed by atoms with Crippen LogP contribution in [0.5, 0.6) is 0 Å². The predicted octanol–water partition coefficient (Wildman–Crippen LogP) is 1.02. The van der Waals surface area contributed by atoms with Crippen LogP contribution >= 0.6 is 0 Å². The molecule has 1 aliphatic heterocycles. The highest BCUT2D eigenvalue weighted by molar-refractivity contribution is 5.12. The average Bonchev–Trinajstić information content (AvgIpc) is 1.99. The molecular weight excluding hydrogens is 138 g/mol. The Bertz CT molecular complexity index is 165. The molecule has 0 aromatic rings. The molecule has 0 radical (unpaired) electrons. The van der Waals surface area contributed by atoms with Crippen LogP contribution in [0.2, 0.25) is 0 Å². The summed E-state index contributed by atoms with van der Waals surface area (Å²) in [6, 6.07) is 1.04. The Morgan fingerprint density at radius 1 is 1.64 bits per heavy atom. The molecule has 2 atom stereocenters. The van der Waals surface area contributed by atoms with Crippen molar-refractivity contribution < 1.29 is 5.11 Å². The number of nitrogens with zero attached hydrogens (tertiary/aromatic N) is 1. The molecule has 0 saturated heterocycles. The van der Waals surface area contributed by atoms with Crippen LogP contribution in [0.15, 0.2) is 11.6 Å². The van der Waals surface area contributed by atoms with Gasteiger partial charge in [0.05, 0.1) is 6.61 Å². The molecule has 64 valence electrons. The van der Waals surface area contributed by atoms with E-state index < -0.39 is 0 Å². The molecule has 1 N–H and O–H groups in total. The number of aliphatic hydroxyl groups is 1. The van der Waals surface area contributed by atoms with Gasteiger partial charge in [-0.05, 0) is 32.9 Å². The largest absolute Gasteiger partial charge is 0.392 e. The Balaban J connectivity index is 2.68. The zero-order valence-electron chi connectivity index (χ0n) is 7.54. The van der Waals surface area contributed by atoms with Crippen LogP contribution in [0.1, 0.15) is 20.3 Å². The van der Waals surface area contributed by atoms with Gasteiger partial charge in [-0.15, -0.1) is 0 Å². The molecule has 0 amide bonds. The second-order valence-electron chi connectivity index (χ2n) is 3.44. The number of rotatable bonds is 1. The fraction of sp³-hybridized carbons (Fsp3) is 0.778. The van der Waals surface area contributed by atoms with E-state index in [1.165, 1.54) is 5.57 Å². The number of hydrogen-bond donors (Lipinski definition) is 1. The van der Waals surface area contributed by atoms with Crippen molar-refractivity contribution in [3.63, 3.8) is 0 Å². The van der Waals surface area contributed by atoms with Crippen molar-refractivity contribution in [1.82, 2.24) is 4.90 Å². The Hall–Kier alpha value is -0.340. The first kappa shape index (κ1) is 8.75. The second kappa shape index (κ2) is 3.37. The van der Waals surface area contributed by atoms with Gasteiger partial charge in [-0.3, -0.25) is 4.90 Å². The van der Waals surface area contributed by atoms with E-state index in [-0.39, 0.29) is 6.61 Å². The van der Waals surface area contributed by atoms with E-state index in [4.69, 9.17) is 5.11 Å². The van der Waals surface area contributed by atoms with Gasteiger partial charge in [0.15, 0.2) is 0 Å². The lowest BCUT2D eigenvalue weighted by molar-refractivity contribution is 0.199. The van der Waals surface area contributed by atoms with Crippen molar-refractivity contribution in [3.8, 4) is 0 Å². The maximum absolute atomic E-state index is 8.93. The van der Waals surface area contributed by atoms with E-state index in [9.17, 15) is 0 Å². The normalized spacial score (nSPS) is 33.6. The van der Waals surface area contributed by atoms with Crippen LogP contribution in [-0.4, -0.2) is 35.7 Å². The first-order chi connectivity index (χ1) is 5.15. The monoisotopic (exact) mass is 155 g/mol. The van der Waals surface area contributed by atoms with E-state index in [0.717, 1.165) is 6.42 Å². The van der Waals surface area contributed by atoms with Crippen LogP contribution in [0.3, 0.4) is 0 Å². The van der Waals surface area contributed by atoms with Crippen LogP contribution in [0.25, 0.3) is 0 Å². The fourth-order valence-corrected chi connectivity index (χ4v) is 1.57. The highest BCUT2D eigenvalue weighted by Gasteiger charge is 2.20. The van der Waals surface area contributed by atoms with Gasteiger partial charge in [0.1, 0.15) is 0 Å². The lowest BCUT2D eigenvalue weighted by atomic mass is 9.98. The van der Waals surface area contributed by atoms with Gasteiger partial charge in [0.25, 0.3) is 0 Å². The summed E-state index contributed by atoms with van der Waals surface area (Å²) in [4.78, 5) is 2.32. The first-order valence-corrected chi connectivity index (χ1v) is 4.17. The van der Waals surface area contributed by atoms with Crippen molar-refractivity contribution >= 4 is 0 Å². The summed E-state index contributed by atoms with van der Waals surface area (Å²) in [5.41, 5.74) is 1.18. The Morgan fingerprint density at radius 3 is 2.73 bits per heavy atom.